The number of hydrogen-bond donors (Lipinski definition) is 1. The molecule has 4 unspecified atom stereocenters. The average Bonchev–Trinajstić information content (AvgIpc) is 2.87. The molecule has 1 heterocycles. The summed E-state index contributed by atoms with van der Waals surface area (Å²) in [5.74, 6) is 0.0252. The number of hydrogen-bond acceptors (Lipinski definition) is 4. The van der Waals surface area contributed by atoms with Gasteiger partial charge in [-0.3, -0.25) is 0 Å². The Balaban J connectivity index is 2.04. The van der Waals surface area contributed by atoms with Gasteiger partial charge in [-0.2, -0.15) is 0 Å². The Hall–Kier alpha value is -0.870. The summed E-state index contributed by atoms with van der Waals surface area (Å²) in [5, 5.41) is 10.8. The predicted octanol–water partition coefficient (Wildman–Crippen LogP) is 2.45. The molecule has 0 aromatic heterocycles. The normalized spacial score (nSPS) is 41.6. The third-order valence-electron chi connectivity index (χ3n) is 5.58. The lowest BCUT2D eigenvalue weighted by molar-refractivity contribution is -0.138. The van der Waals surface area contributed by atoms with Crippen molar-refractivity contribution in [3.8, 4) is 0 Å². The third kappa shape index (κ3) is 2.33. The minimum atomic E-state index is -0.705. The zero-order valence-electron chi connectivity index (χ0n) is 13.4. The van der Waals surface area contributed by atoms with E-state index in [1.54, 1.807) is 0 Å². The van der Waals surface area contributed by atoms with Gasteiger partial charge in [0.2, 0.25) is 0 Å². The summed E-state index contributed by atoms with van der Waals surface area (Å²) in [5.41, 5.74) is 1.32. The molecule has 0 saturated heterocycles. The first kappa shape index (κ1) is 15.0. The van der Waals surface area contributed by atoms with Crippen LogP contribution in [0.1, 0.15) is 47.0 Å². The summed E-state index contributed by atoms with van der Waals surface area (Å²) in [7, 11) is 0. The monoisotopic (exact) mass is 294 g/mol. The highest BCUT2D eigenvalue weighted by Crippen LogP contribution is 2.56. The first-order chi connectivity index (χ1) is 9.77. The molecule has 1 saturated carbocycles. The Morgan fingerprint density at radius 3 is 2.71 bits per heavy atom. The Labute approximate surface area is 126 Å². The standard InChI is InChI=1S/C17H26O4/c1-5-21-17(4)6-10-9-20-15(19)13(10)14(18)11-7-16(2,3)8-12(11)17/h11-12,14,18H,5-9H2,1-4H3. The molecule has 0 aromatic rings. The van der Waals surface area contributed by atoms with Crippen LogP contribution < -0.4 is 0 Å². The highest BCUT2D eigenvalue weighted by atomic mass is 16.5. The molecule has 1 fully saturated rings. The molecule has 1 aliphatic heterocycles. The number of rotatable bonds is 2. The minimum absolute atomic E-state index is 0.0784. The number of fused-ring (bicyclic) bond motifs is 1. The van der Waals surface area contributed by atoms with Crippen LogP contribution in [0.25, 0.3) is 0 Å². The zero-order chi connectivity index (χ0) is 15.4. The molecule has 0 aromatic carbocycles. The van der Waals surface area contributed by atoms with Crippen LogP contribution in [-0.4, -0.2) is 36.0 Å². The second kappa shape index (κ2) is 4.82. The van der Waals surface area contributed by atoms with Gasteiger partial charge in [-0.15, -0.1) is 0 Å². The van der Waals surface area contributed by atoms with Crippen molar-refractivity contribution in [2.45, 2.75) is 58.7 Å². The van der Waals surface area contributed by atoms with Crippen LogP contribution in [0, 0.1) is 17.3 Å². The predicted molar refractivity (Wildman–Crippen MR) is 78.6 cm³/mol. The molecular weight excluding hydrogens is 268 g/mol. The van der Waals surface area contributed by atoms with E-state index in [9.17, 15) is 9.90 Å². The molecule has 2 aliphatic carbocycles. The van der Waals surface area contributed by atoms with Gasteiger partial charge < -0.3 is 14.6 Å². The third-order valence-corrected chi connectivity index (χ3v) is 5.58. The van der Waals surface area contributed by atoms with Crippen molar-refractivity contribution in [3.63, 3.8) is 0 Å². The average molecular weight is 294 g/mol. The number of aliphatic hydroxyl groups is 1. The van der Waals surface area contributed by atoms with Crippen molar-refractivity contribution in [3.05, 3.63) is 11.1 Å². The van der Waals surface area contributed by atoms with Crippen molar-refractivity contribution in [2.24, 2.45) is 17.3 Å². The number of carbonyl (C=O) groups excluding carboxylic acids is 1. The fourth-order valence-corrected chi connectivity index (χ4v) is 4.80. The second-order valence-electron chi connectivity index (χ2n) is 7.80. The van der Waals surface area contributed by atoms with E-state index in [0.717, 1.165) is 18.4 Å². The first-order valence-corrected chi connectivity index (χ1v) is 7.98. The van der Waals surface area contributed by atoms with Crippen molar-refractivity contribution in [1.82, 2.24) is 0 Å². The summed E-state index contributed by atoms with van der Waals surface area (Å²) in [6, 6.07) is 0. The lowest BCUT2D eigenvalue weighted by atomic mass is 9.77. The SMILES string of the molecule is CCOC1(C)CC2=C(C(=O)OC2)C(O)C2CC(C)(C)CC21. The molecule has 3 aliphatic rings. The van der Waals surface area contributed by atoms with E-state index in [1.165, 1.54) is 0 Å². The summed E-state index contributed by atoms with van der Waals surface area (Å²) in [6.45, 7) is 9.59. The van der Waals surface area contributed by atoms with E-state index in [2.05, 4.69) is 20.8 Å². The minimum Gasteiger partial charge on any atom is -0.458 e. The summed E-state index contributed by atoms with van der Waals surface area (Å²) >= 11 is 0. The van der Waals surface area contributed by atoms with Crippen LogP contribution in [-0.2, 0) is 14.3 Å². The highest BCUT2D eigenvalue weighted by Gasteiger charge is 2.55. The maximum Gasteiger partial charge on any atom is 0.337 e. The smallest absolute Gasteiger partial charge is 0.337 e. The Morgan fingerprint density at radius 2 is 2.05 bits per heavy atom. The summed E-state index contributed by atoms with van der Waals surface area (Å²) in [4.78, 5) is 12.0. The second-order valence-corrected chi connectivity index (χ2v) is 7.80. The van der Waals surface area contributed by atoms with Gasteiger partial charge in [0.1, 0.15) is 6.61 Å². The van der Waals surface area contributed by atoms with E-state index >= 15 is 0 Å². The van der Waals surface area contributed by atoms with Crippen LogP contribution in [0.15, 0.2) is 11.1 Å². The van der Waals surface area contributed by atoms with Crippen molar-refractivity contribution in [2.75, 3.05) is 13.2 Å². The number of carbonyl (C=O) groups is 1. The molecule has 0 bridgehead atoms. The molecule has 21 heavy (non-hydrogen) atoms. The maximum absolute atomic E-state index is 12.0. The van der Waals surface area contributed by atoms with Gasteiger partial charge in [0, 0.05) is 13.0 Å². The van der Waals surface area contributed by atoms with Gasteiger partial charge in [0.05, 0.1) is 17.3 Å². The van der Waals surface area contributed by atoms with Crippen molar-refractivity contribution in [1.29, 1.82) is 0 Å². The van der Waals surface area contributed by atoms with Crippen LogP contribution in [0.3, 0.4) is 0 Å². The van der Waals surface area contributed by atoms with E-state index in [1.807, 2.05) is 6.92 Å². The van der Waals surface area contributed by atoms with Gasteiger partial charge in [-0.1, -0.05) is 13.8 Å². The quantitative estimate of drug-likeness (QED) is 0.795. The molecule has 1 N–H and O–H groups in total. The molecule has 4 atom stereocenters. The number of aliphatic hydroxyl groups excluding tert-OH is 1. The lowest BCUT2D eigenvalue weighted by Gasteiger charge is -2.38. The van der Waals surface area contributed by atoms with Crippen LogP contribution >= 0.6 is 0 Å². The van der Waals surface area contributed by atoms with Crippen LogP contribution in [0.4, 0.5) is 0 Å². The molecular formula is C17H26O4. The fraction of sp³-hybridized carbons (Fsp3) is 0.824. The van der Waals surface area contributed by atoms with E-state index < -0.39 is 6.10 Å². The number of cyclic esters (lactones) is 1. The van der Waals surface area contributed by atoms with Gasteiger partial charge in [-0.05, 0) is 49.5 Å². The lowest BCUT2D eigenvalue weighted by Crippen LogP contribution is -2.42. The Bertz CT molecular complexity index is 493. The highest BCUT2D eigenvalue weighted by molar-refractivity contribution is 5.93. The number of ether oxygens (including phenoxy) is 2. The summed E-state index contributed by atoms with van der Waals surface area (Å²) < 4.78 is 11.3. The largest absolute Gasteiger partial charge is 0.458 e. The Kier molecular flexibility index (Phi) is 3.45. The molecule has 0 radical (unpaired) electrons. The molecule has 0 amide bonds. The Morgan fingerprint density at radius 1 is 1.33 bits per heavy atom. The molecule has 118 valence electrons. The van der Waals surface area contributed by atoms with E-state index in [4.69, 9.17) is 9.47 Å². The topological polar surface area (TPSA) is 55.8 Å². The molecule has 4 nitrogen and oxygen atoms in total. The van der Waals surface area contributed by atoms with Gasteiger partial charge in [0.25, 0.3) is 0 Å². The van der Waals surface area contributed by atoms with Gasteiger partial charge >= 0.3 is 5.97 Å². The van der Waals surface area contributed by atoms with Gasteiger partial charge in [-0.25, -0.2) is 4.79 Å². The fourth-order valence-electron chi connectivity index (χ4n) is 4.80. The number of esters is 1. The van der Waals surface area contributed by atoms with Crippen molar-refractivity contribution >= 4 is 5.97 Å². The van der Waals surface area contributed by atoms with Crippen LogP contribution in [0.2, 0.25) is 0 Å². The maximum atomic E-state index is 12.0. The van der Waals surface area contributed by atoms with E-state index in [0.29, 0.717) is 25.2 Å². The molecule has 3 rings (SSSR count). The van der Waals surface area contributed by atoms with Crippen molar-refractivity contribution < 1.29 is 19.4 Å². The van der Waals surface area contributed by atoms with E-state index in [-0.39, 0.29) is 28.8 Å². The molecule has 0 spiro atoms. The van der Waals surface area contributed by atoms with Gasteiger partial charge in [0.15, 0.2) is 0 Å². The first-order valence-electron chi connectivity index (χ1n) is 7.98. The van der Waals surface area contributed by atoms with Crippen LogP contribution in [0.5, 0.6) is 0 Å². The summed E-state index contributed by atoms with van der Waals surface area (Å²) in [6.07, 6.45) is 1.94. The zero-order valence-corrected chi connectivity index (χ0v) is 13.4. The molecule has 4 heteroatoms.